The van der Waals surface area contributed by atoms with Crippen LogP contribution >= 0.6 is 0 Å². The van der Waals surface area contributed by atoms with Crippen molar-refractivity contribution in [1.82, 2.24) is 5.32 Å². The molecule has 0 spiro atoms. The van der Waals surface area contributed by atoms with Crippen molar-refractivity contribution in [3.8, 4) is 17.2 Å². The highest BCUT2D eigenvalue weighted by atomic mass is 19.4. The number of nitrogens with zero attached hydrogens (tertiary/aromatic N) is 1. The molecule has 2 aromatic rings. The van der Waals surface area contributed by atoms with Crippen molar-refractivity contribution >= 4 is 17.3 Å². The Kier molecular flexibility index (Phi) is 7.96. The summed E-state index contributed by atoms with van der Waals surface area (Å²) in [6.07, 6.45) is -1.17. The van der Waals surface area contributed by atoms with E-state index in [-0.39, 0.29) is 40.3 Å². The third kappa shape index (κ3) is 6.12. The molecule has 5 rings (SSSR count). The van der Waals surface area contributed by atoms with Gasteiger partial charge in [-0.1, -0.05) is 39.8 Å². The van der Waals surface area contributed by atoms with E-state index in [0.29, 0.717) is 60.1 Å². The lowest BCUT2D eigenvalue weighted by molar-refractivity contribution is -0.385. The average Bonchev–Trinajstić information content (AvgIpc) is 2.90. The summed E-state index contributed by atoms with van der Waals surface area (Å²) in [5.74, 6) is -1.03. The monoisotopic (exact) mass is 624 g/mol. The van der Waals surface area contributed by atoms with Crippen molar-refractivity contribution in [1.29, 1.82) is 0 Å². The van der Waals surface area contributed by atoms with Crippen LogP contribution in [0.3, 0.4) is 0 Å². The minimum Gasteiger partial charge on any atom is -0.493 e. The number of nitro groups is 1. The van der Waals surface area contributed by atoms with Gasteiger partial charge < -0.3 is 14.8 Å². The number of ketones is 2. The van der Waals surface area contributed by atoms with Gasteiger partial charge in [0, 0.05) is 52.9 Å². The van der Waals surface area contributed by atoms with E-state index in [1.807, 2.05) is 27.7 Å². The third-order valence-electron chi connectivity index (χ3n) is 8.49. The maximum Gasteiger partial charge on any atom is 0.416 e. The van der Waals surface area contributed by atoms with Gasteiger partial charge in [0.15, 0.2) is 23.1 Å². The second-order valence-corrected chi connectivity index (χ2v) is 13.5. The van der Waals surface area contributed by atoms with Crippen molar-refractivity contribution in [2.75, 3.05) is 7.11 Å². The molecule has 0 amide bonds. The Balaban J connectivity index is 1.69. The molecule has 3 aliphatic rings. The zero-order valence-corrected chi connectivity index (χ0v) is 25.8. The van der Waals surface area contributed by atoms with E-state index >= 15 is 0 Å². The molecule has 1 aliphatic heterocycles. The molecule has 45 heavy (non-hydrogen) atoms. The number of halogens is 3. The number of hydrogen-bond donors (Lipinski definition) is 1. The lowest BCUT2D eigenvalue weighted by Gasteiger charge is -2.44. The Morgan fingerprint density at radius 1 is 0.978 bits per heavy atom. The van der Waals surface area contributed by atoms with Gasteiger partial charge in [0.05, 0.1) is 17.6 Å². The Bertz CT molecular complexity index is 1650. The van der Waals surface area contributed by atoms with Crippen molar-refractivity contribution in [3.05, 3.63) is 92.3 Å². The highest BCUT2D eigenvalue weighted by Gasteiger charge is 2.46. The first kappa shape index (κ1) is 32.0. The van der Waals surface area contributed by atoms with Gasteiger partial charge in [-0.3, -0.25) is 19.7 Å². The number of allylic oxidation sites excluding steroid dienone is 5. The molecule has 8 nitrogen and oxygen atoms in total. The van der Waals surface area contributed by atoms with Gasteiger partial charge in [-0.05, 0) is 53.9 Å². The highest BCUT2D eigenvalue weighted by Crippen LogP contribution is 2.52. The molecule has 2 aromatic carbocycles. The molecule has 0 unspecified atom stereocenters. The van der Waals surface area contributed by atoms with Crippen LogP contribution in [-0.4, -0.2) is 23.6 Å². The molecule has 238 valence electrons. The van der Waals surface area contributed by atoms with Crippen LogP contribution in [0.1, 0.15) is 76.0 Å². The number of benzene rings is 2. The molecule has 0 atom stereocenters. The maximum absolute atomic E-state index is 13.8. The number of rotatable bonds is 7. The Hall–Kier alpha value is -4.41. The second-order valence-electron chi connectivity index (χ2n) is 13.5. The predicted octanol–water partition coefficient (Wildman–Crippen LogP) is 8.12. The maximum atomic E-state index is 13.8. The summed E-state index contributed by atoms with van der Waals surface area (Å²) in [4.78, 5) is 38.3. The largest absolute Gasteiger partial charge is 0.493 e. The number of carbonyl (C=O) groups excluding carboxylic acids is 2. The number of dihydropyridines is 1. The van der Waals surface area contributed by atoms with Crippen molar-refractivity contribution in [2.24, 2.45) is 10.8 Å². The van der Waals surface area contributed by atoms with Crippen molar-refractivity contribution in [3.63, 3.8) is 0 Å². The summed E-state index contributed by atoms with van der Waals surface area (Å²) in [5.41, 5.74) is 1.08. The van der Waals surface area contributed by atoms with Crippen LogP contribution in [0, 0.1) is 20.9 Å². The summed E-state index contributed by atoms with van der Waals surface area (Å²) in [6.45, 7) is 11.9. The van der Waals surface area contributed by atoms with E-state index < -0.39 is 34.0 Å². The first-order chi connectivity index (χ1) is 20.9. The minimum atomic E-state index is -4.79. The molecule has 0 fully saturated rings. The number of carbonyl (C=O) groups is 2. The van der Waals surface area contributed by atoms with E-state index in [1.165, 1.54) is 7.11 Å². The van der Waals surface area contributed by atoms with E-state index in [0.717, 1.165) is 17.5 Å². The number of alkyl halides is 3. The van der Waals surface area contributed by atoms with Gasteiger partial charge in [-0.25, -0.2) is 0 Å². The fourth-order valence-electron chi connectivity index (χ4n) is 6.68. The van der Waals surface area contributed by atoms with Crippen LogP contribution in [0.2, 0.25) is 0 Å². The molecular formula is C34H35F3N2O6. The molecule has 1 N–H and O–H groups in total. The zero-order valence-electron chi connectivity index (χ0n) is 25.8. The number of nitrogens with one attached hydrogen (secondary N) is 1. The SMILES string of the molecule is C=CCc1cc(C2C3=C(CC(C)(C)CC3=O)NC3=C2C(=O)CC(C)(C)C3)cc(OC)c1Oc1ccc(C(F)(F)F)cc1[N+](=O)[O-]. The summed E-state index contributed by atoms with van der Waals surface area (Å²) in [7, 11) is 1.37. The predicted molar refractivity (Wildman–Crippen MR) is 161 cm³/mol. The molecule has 0 radical (unpaired) electrons. The molecule has 0 saturated heterocycles. The molecule has 11 heteroatoms. The number of hydrogen-bond acceptors (Lipinski definition) is 7. The Morgan fingerprint density at radius 3 is 2.04 bits per heavy atom. The second kappa shape index (κ2) is 11.2. The minimum absolute atomic E-state index is 0.0496. The summed E-state index contributed by atoms with van der Waals surface area (Å²) >= 11 is 0. The topological polar surface area (TPSA) is 108 Å². The highest BCUT2D eigenvalue weighted by molar-refractivity contribution is 6.06. The van der Waals surface area contributed by atoms with E-state index in [4.69, 9.17) is 9.47 Å². The van der Waals surface area contributed by atoms with Crippen molar-refractivity contribution < 1.29 is 37.2 Å². The normalized spacial score (nSPS) is 19.5. The number of ether oxygens (including phenoxy) is 2. The van der Waals surface area contributed by atoms with Gasteiger partial charge in [-0.15, -0.1) is 6.58 Å². The summed E-state index contributed by atoms with van der Waals surface area (Å²) in [6, 6.07) is 5.41. The summed E-state index contributed by atoms with van der Waals surface area (Å²) in [5, 5.41) is 15.2. The molecular weight excluding hydrogens is 589 g/mol. The quantitative estimate of drug-likeness (QED) is 0.188. The lowest BCUT2D eigenvalue weighted by Crippen LogP contribution is -2.42. The molecule has 2 aliphatic carbocycles. The lowest BCUT2D eigenvalue weighted by atomic mass is 9.64. The fraction of sp³-hybridized carbons (Fsp3) is 0.412. The molecule has 0 bridgehead atoms. The first-order valence-corrected chi connectivity index (χ1v) is 14.6. The van der Waals surface area contributed by atoms with Crippen molar-refractivity contribution in [2.45, 2.75) is 71.9 Å². The number of methoxy groups -OCH3 is 1. The fourth-order valence-corrected chi connectivity index (χ4v) is 6.68. The standard InChI is InChI=1S/C34H35F3N2O6/c1-7-8-18-11-19(12-27(44-6)31(18)45-26-10-9-20(34(35,36)37)13-23(26)39(42)43)28-29-21(14-32(2,3)16-24(29)40)38-22-15-33(4,5)17-25(41)30(22)28/h7,9-13,28,38H,1,8,14-17H2,2-6H3. The molecule has 1 heterocycles. The molecule has 0 aromatic heterocycles. The number of nitro benzene ring substituents is 1. The van der Waals surface area contributed by atoms with E-state index in [2.05, 4.69) is 11.9 Å². The van der Waals surface area contributed by atoms with E-state index in [1.54, 1.807) is 18.2 Å². The first-order valence-electron chi connectivity index (χ1n) is 14.6. The van der Waals surface area contributed by atoms with Gasteiger partial charge in [0.25, 0.3) is 0 Å². The van der Waals surface area contributed by atoms with Gasteiger partial charge >= 0.3 is 11.9 Å². The van der Waals surface area contributed by atoms with Gasteiger partial charge in [-0.2, -0.15) is 13.2 Å². The molecule has 0 saturated carbocycles. The van der Waals surface area contributed by atoms with Crippen LogP contribution in [0.5, 0.6) is 17.2 Å². The summed E-state index contributed by atoms with van der Waals surface area (Å²) < 4.78 is 51.6. The number of Topliss-reactive ketones (excluding diaryl/α,β-unsaturated/α-hetero) is 2. The third-order valence-corrected chi connectivity index (χ3v) is 8.49. The van der Waals surface area contributed by atoms with Crippen LogP contribution < -0.4 is 14.8 Å². The van der Waals surface area contributed by atoms with Crippen LogP contribution in [0.25, 0.3) is 0 Å². The van der Waals surface area contributed by atoms with Crippen LogP contribution in [-0.2, 0) is 22.2 Å². The Morgan fingerprint density at radius 2 is 1.56 bits per heavy atom. The Labute approximate surface area is 259 Å². The smallest absolute Gasteiger partial charge is 0.416 e. The van der Waals surface area contributed by atoms with Crippen LogP contribution in [0.15, 0.2) is 65.5 Å². The van der Waals surface area contributed by atoms with Crippen LogP contribution in [0.4, 0.5) is 18.9 Å². The zero-order chi connectivity index (χ0) is 33.1. The van der Waals surface area contributed by atoms with E-state index in [9.17, 15) is 32.9 Å². The van der Waals surface area contributed by atoms with Gasteiger partial charge in [0.1, 0.15) is 0 Å². The average molecular weight is 625 g/mol. The van der Waals surface area contributed by atoms with Gasteiger partial charge in [0.2, 0.25) is 5.75 Å².